The van der Waals surface area contributed by atoms with Crippen molar-refractivity contribution in [2.75, 3.05) is 6.54 Å². The van der Waals surface area contributed by atoms with Crippen molar-refractivity contribution < 1.29 is 14.7 Å². The van der Waals surface area contributed by atoms with Crippen LogP contribution in [0.25, 0.3) is 0 Å². The normalized spacial score (nSPS) is 15.8. The number of carbonyl (C=O) groups is 2. The first-order valence-corrected chi connectivity index (χ1v) is 5.13. The second-order valence-electron chi connectivity index (χ2n) is 3.00. The van der Waals surface area contributed by atoms with Gasteiger partial charge in [0.25, 0.3) is 3.79 Å². The van der Waals surface area contributed by atoms with E-state index >= 15 is 0 Å². The zero-order valence-electron chi connectivity index (χ0n) is 7.67. The fraction of sp³-hybridized carbons (Fsp3) is 0.714. The molecule has 0 saturated carbocycles. The second kappa shape index (κ2) is 5.32. The molecule has 8 heteroatoms. The van der Waals surface area contributed by atoms with Gasteiger partial charge >= 0.3 is 5.97 Å². The van der Waals surface area contributed by atoms with E-state index in [2.05, 4.69) is 0 Å². The number of carboxylic acid groups (broad SMARTS) is 1. The minimum Gasteiger partial charge on any atom is -0.480 e. The van der Waals surface area contributed by atoms with Crippen molar-refractivity contribution in [2.45, 2.75) is 22.2 Å². The molecule has 88 valence electrons. The van der Waals surface area contributed by atoms with Gasteiger partial charge in [-0.25, -0.2) is 4.79 Å². The van der Waals surface area contributed by atoms with E-state index in [1.807, 2.05) is 0 Å². The number of carboxylic acids is 1. The van der Waals surface area contributed by atoms with E-state index in [-0.39, 0.29) is 19.4 Å². The Bertz CT molecular complexity index is 267. The topological polar surface area (TPSA) is 106 Å². The Morgan fingerprint density at radius 3 is 2.00 bits per heavy atom. The summed E-state index contributed by atoms with van der Waals surface area (Å²) in [5.41, 5.74) is 8.38. The van der Waals surface area contributed by atoms with Crippen LogP contribution in [-0.4, -0.2) is 32.7 Å². The Hall–Kier alpha value is -0.0700. The Morgan fingerprint density at radius 1 is 1.27 bits per heavy atom. The maximum atomic E-state index is 11.5. The highest BCUT2D eigenvalue weighted by molar-refractivity contribution is 6.77. The maximum Gasteiger partial charge on any atom is 0.331 e. The van der Waals surface area contributed by atoms with Gasteiger partial charge in [-0.05, 0) is 19.4 Å². The van der Waals surface area contributed by atoms with Crippen LogP contribution in [0.4, 0.5) is 0 Å². The molecule has 0 spiro atoms. The predicted molar refractivity (Wildman–Crippen MR) is 58.1 cm³/mol. The molecule has 0 aromatic heterocycles. The molecule has 1 atom stereocenters. The van der Waals surface area contributed by atoms with Gasteiger partial charge in [-0.3, -0.25) is 4.79 Å². The Morgan fingerprint density at radius 2 is 1.73 bits per heavy atom. The average molecular weight is 278 g/mol. The summed E-state index contributed by atoms with van der Waals surface area (Å²) >= 11 is 15.9. The number of halogens is 3. The first kappa shape index (κ1) is 14.9. The number of aliphatic carboxylic acids is 1. The van der Waals surface area contributed by atoms with Crippen LogP contribution in [0.15, 0.2) is 0 Å². The van der Waals surface area contributed by atoms with Gasteiger partial charge in [0.15, 0.2) is 5.54 Å². The zero-order valence-corrected chi connectivity index (χ0v) is 9.94. The quantitative estimate of drug-likeness (QED) is 0.499. The number of ketones is 1. The number of alkyl halides is 3. The van der Waals surface area contributed by atoms with Crippen LogP contribution in [0.5, 0.6) is 0 Å². The number of Topliss-reactive ketones (excluding diaryl/α,β-unsaturated/α-hetero) is 1. The van der Waals surface area contributed by atoms with Crippen LogP contribution in [0, 0.1) is 0 Å². The van der Waals surface area contributed by atoms with Crippen molar-refractivity contribution in [3.8, 4) is 0 Å². The summed E-state index contributed by atoms with van der Waals surface area (Å²) < 4.78 is -2.35. The van der Waals surface area contributed by atoms with Gasteiger partial charge < -0.3 is 16.6 Å². The average Bonchev–Trinajstić information content (AvgIpc) is 2.11. The largest absolute Gasteiger partial charge is 0.480 e. The van der Waals surface area contributed by atoms with Crippen molar-refractivity contribution in [1.82, 2.24) is 0 Å². The highest BCUT2D eigenvalue weighted by atomic mass is 35.6. The monoisotopic (exact) mass is 276 g/mol. The smallest absolute Gasteiger partial charge is 0.331 e. The van der Waals surface area contributed by atoms with E-state index in [0.717, 1.165) is 0 Å². The molecular formula is C7H11Cl3N2O3. The summed E-state index contributed by atoms with van der Waals surface area (Å²) in [5, 5.41) is 8.83. The van der Waals surface area contributed by atoms with Crippen molar-refractivity contribution >= 4 is 46.6 Å². The third kappa shape index (κ3) is 3.77. The third-order valence-corrected chi connectivity index (χ3v) is 2.33. The van der Waals surface area contributed by atoms with E-state index in [1.54, 1.807) is 0 Å². The van der Waals surface area contributed by atoms with Crippen LogP contribution < -0.4 is 11.5 Å². The number of hydrogen-bond acceptors (Lipinski definition) is 4. The summed E-state index contributed by atoms with van der Waals surface area (Å²) in [7, 11) is 0. The third-order valence-electron chi connectivity index (χ3n) is 1.82. The second-order valence-corrected chi connectivity index (χ2v) is 5.28. The predicted octanol–water partition coefficient (Wildman–Crippen LogP) is 0.447. The Kier molecular flexibility index (Phi) is 5.29. The molecule has 0 rings (SSSR count). The summed E-state index contributed by atoms with van der Waals surface area (Å²) in [4.78, 5) is 22.3. The highest BCUT2D eigenvalue weighted by Crippen LogP contribution is 2.32. The molecule has 5 N–H and O–H groups in total. The first-order valence-electron chi connectivity index (χ1n) is 4.00. The van der Waals surface area contributed by atoms with E-state index in [0.29, 0.717) is 0 Å². The van der Waals surface area contributed by atoms with Gasteiger partial charge in [-0.2, -0.15) is 0 Å². The summed E-state index contributed by atoms with van der Waals surface area (Å²) in [5.74, 6) is -2.70. The maximum absolute atomic E-state index is 11.5. The molecular weight excluding hydrogens is 266 g/mol. The zero-order chi connectivity index (χ0) is 12.3. The van der Waals surface area contributed by atoms with Gasteiger partial charge in [0.1, 0.15) is 0 Å². The molecule has 0 fully saturated rings. The molecule has 0 aliphatic heterocycles. The molecule has 0 aliphatic rings. The van der Waals surface area contributed by atoms with E-state index in [1.165, 1.54) is 0 Å². The lowest BCUT2D eigenvalue weighted by Gasteiger charge is -2.26. The lowest BCUT2D eigenvalue weighted by Crippen LogP contribution is -2.59. The molecule has 0 aromatic carbocycles. The van der Waals surface area contributed by atoms with E-state index in [9.17, 15) is 9.59 Å². The summed E-state index contributed by atoms with van der Waals surface area (Å²) in [6.45, 7) is 0.194. The molecule has 0 amide bonds. The number of rotatable bonds is 5. The number of nitrogens with two attached hydrogens (primary N) is 2. The van der Waals surface area contributed by atoms with Crippen LogP contribution >= 0.6 is 34.8 Å². The fourth-order valence-electron chi connectivity index (χ4n) is 0.951. The first-order chi connectivity index (χ1) is 6.66. The number of carbonyl (C=O) groups excluding carboxylic acids is 1. The van der Waals surface area contributed by atoms with E-state index < -0.39 is 21.1 Å². The number of hydrogen-bond donors (Lipinski definition) is 3. The molecule has 0 saturated heterocycles. The fourth-order valence-corrected chi connectivity index (χ4v) is 1.46. The summed E-state index contributed by atoms with van der Waals surface area (Å²) in [6, 6.07) is 0. The van der Waals surface area contributed by atoms with Crippen molar-refractivity contribution in [2.24, 2.45) is 11.5 Å². The molecule has 0 radical (unpaired) electrons. The van der Waals surface area contributed by atoms with E-state index in [4.69, 9.17) is 51.4 Å². The lowest BCUT2D eigenvalue weighted by atomic mass is 9.90. The van der Waals surface area contributed by atoms with Crippen LogP contribution in [0.3, 0.4) is 0 Å². The van der Waals surface area contributed by atoms with Crippen molar-refractivity contribution in [3.05, 3.63) is 0 Å². The molecule has 0 bridgehead atoms. The molecule has 0 unspecified atom stereocenters. The highest BCUT2D eigenvalue weighted by Gasteiger charge is 2.50. The minimum atomic E-state index is -2.35. The molecule has 5 nitrogen and oxygen atoms in total. The van der Waals surface area contributed by atoms with Crippen LogP contribution in [0.1, 0.15) is 12.8 Å². The van der Waals surface area contributed by atoms with Gasteiger partial charge in [0, 0.05) is 0 Å². The molecule has 0 aromatic rings. The van der Waals surface area contributed by atoms with Gasteiger partial charge in [0.05, 0.1) is 0 Å². The van der Waals surface area contributed by atoms with Gasteiger partial charge in [-0.1, -0.05) is 34.8 Å². The molecule has 0 aliphatic carbocycles. The lowest BCUT2D eigenvalue weighted by molar-refractivity contribution is -0.148. The van der Waals surface area contributed by atoms with Crippen molar-refractivity contribution in [1.29, 1.82) is 0 Å². The Balaban J connectivity index is 4.95. The van der Waals surface area contributed by atoms with Crippen LogP contribution in [0.2, 0.25) is 0 Å². The summed E-state index contributed by atoms with van der Waals surface area (Å²) in [6.07, 6.45) is 0.0703. The molecule has 15 heavy (non-hydrogen) atoms. The van der Waals surface area contributed by atoms with Gasteiger partial charge in [-0.15, -0.1) is 0 Å². The van der Waals surface area contributed by atoms with Gasteiger partial charge in [0.2, 0.25) is 5.78 Å². The standard InChI is InChI=1S/C7H11Cl3N2O3/c8-7(9,10)4(13)6(12,5(14)15)2-1-3-11/h1-3,11-12H2,(H,14,15)/t6-/m1/s1. The SMILES string of the molecule is NCCC[C@](N)(C(=O)O)C(=O)C(Cl)(Cl)Cl. The van der Waals surface area contributed by atoms with Crippen LogP contribution in [-0.2, 0) is 9.59 Å². The van der Waals surface area contributed by atoms with Crippen molar-refractivity contribution in [3.63, 3.8) is 0 Å². The minimum absolute atomic E-state index is 0.175. The molecule has 0 heterocycles. The Labute approximate surface area is 102 Å².